The fourth-order valence-corrected chi connectivity index (χ4v) is 1.92. The van der Waals surface area contributed by atoms with Crippen molar-refractivity contribution in [3.8, 4) is 0 Å². The van der Waals surface area contributed by atoms with Crippen molar-refractivity contribution in [3.05, 3.63) is 23.9 Å². The Morgan fingerprint density at radius 1 is 1.22 bits per heavy atom. The largest absolute Gasteiger partial charge is 0.434 e. The number of rotatable bonds is 5. The van der Waals surface area contributed by atoms with Gasteiger partial charge in [-0.05, 0) is 41.5 Å². The van der Waals surface area contributed by atoms with Crippen molar-refractivity contribution in [2.24, 2.45) is 0 Å². The molecular weight excluding hydrogens is 360 g/mol. The smallest absolute Gasteiger partial charge is 0.408 e. The van der Waals surface area contributed by atoms with E-state index in [0.717, 1.165) is 11.1 Å². The van der Waals surface area contributed by atoms with Gasteiger partial charge in [-0.15, -0.1) is 0 Å². The van der Waals surface area contributed by atoms with Gasteiger partial charge >= 0.3 is 6.09 Å². The van der Waals surface area contributed by atoms with Gasteiger partial charge in [0.1, 0.15) is 5.82 Å². The second-order valence-electron chi connectivity index (χ2n) is 8.05. The Morgan fingerprint density at radius 2 is 1.81 bits per heavy atom. The maximum atomic E-state index is 13.9. The van der Waals surface area contributed by atoms with E-state index in [-0.39, 0.29) is 12.4 Å². The molecule has 0 spiro atoms. The zero-order valence-electron chi connectivity index (χ0n) is 16.7. The lowest BCUT2D eigenvalue weighted by molar-refractivity contribution is -0.133. The monoisotopic (exact) mass is 387 g/mol. The number of amides is 2. The van der Waals surface area contributed by atoms with Gasteiger partial charge in [-0.25, -0.2) is 18.6 Å². The summed E-state index contributed by atoms with van der Waals surface area (Å²) >= 11 is 0. The molecule has 152 valence electrons. The average Bonchev–Trinajstić information content (AvgIpc) is 2.47. The van der Waals surface area contributed by atoms with Gasteiger partial charge in [0, 0.05) is 18.7 Å². The van der Waals surface area contributed by atoms with Crippen molar-refractivity contribution in [2.75, 3.05) is 18.6 Å². The molecule has 1 aromatic rings. The highest BCUT2D eigenvalue weighted by Crippen LogP contribution is 2.18. The topological polar surface area (TPSA) is 80.8 Å². The summed E-state index contributed by atoms with van der Waals surface area (Å²) in [5.41, 5.74) is -1.17. The maximum absolute atomic E-state index is 13.9. The number of alkyl carbamates (subject to hydrolysis) is 1. The number of anilines is 1. The molecule has 2 amide bonds. The first kappa shape index (κ1) is 22.8. The van der Waals surface area contributed by atoms with Crippen LogP contribution in [0.4, 0.5) is 19.4 Å². The number of likely N-dealkylation sites (N-methyl/N-ethyl adjacent to an activating group) is 1. The summed E-state index contributed by atoms with van der Waals surface area (Å²) in [5, 5.41) is 2.57. The number of ether oxygens (including phenoxy) is 2. The van der Waals surface area contributed by atoms with Gasteiger partial charge in [0.2, 0.25) is 6.10 Å². The summed E-state index contributed by atoms with van der Waals surface area (Å²) in [6.45, 7) is 10.3. The van der Waals surface area contributed by atoms with Gasteiger partial charge in [-0.1, -0.05) is 0 Å². The van der Waals surface area contributed by atoms with Gasteiger partial charge in [-0.2, -0.15) is 0 Å². The molecule has 1 aromatic heterocycles. The molecule has 0 aliphatic heterocycles. The van der Waals surface area contributed by atoms with Gasteiger partial charge in [0.05, 0.1) is 18.4 Å². The molecule has 0 bridgehead atoms. The van der Waals surface area contributed by atoms with E-state index in [2.05, 4.69) is 10.3 Å². The van der Waals surface area contributed by atoms with Crippen LogP contribution in [-0.2, 0) is 14.3 Å². The Bertz CT molecular complexity index is 684. The minimum atomic E-state index is -1.34. The number of nitrogens with zero attached hydrogens (tertiary/aromatic N) is 2. The van der Waals surface area contributed by atoms with Crippen LogP contribution in [0.1, 0.15) is 41.5 Å². The van der Waals surface area contributed by atoms with Crippen LogP contribution in [-0.4, -0.2) is 47.9 Å². The van der Waals surface area contributed by atoms with Crippen molar-refractivity contribution in [1.29, 1.82) is 0 Å². The van der Waals surface area contributed by atoms with Crippen molar-refractivity contribution in [3.63, 3.8) is 0 Å². The second kappa shape index (κ2) is 8.60. The number of pyridine rings is 1. The third-order valence-electron chi connectivity index (χ3n) is 3.11. The zero-order valence-corrected chi connectivity index (χ0v) is 16.7. The molecule has 0 saturated heterocycles. The standard InChI is InChI=1S/C18H27F2N3O4/c1-17(2,3)22-16(25)27-13(10-26-18(4,5)6)15(24)23(7)14-12(20)8-11(19)9-21-14/h8-9,13H,10H2,1-7H3,(H,22,25)/t13-/m0/s1. The lowest BCUT2D eigenvalue weighted by Crippen LogP contribution is -2.48. The molecule has 1 heterocycles. The molecule has 1 N–H and O–H groups in total. The highest BCUT2D eigenvalue weighted by molar-refractivity contribution is 5.96. The van der Waals surface area contributed by atoms with Gasteiger partial charge < -0.3 is 14.8 Å². The highest BCUT2D eigenvalue weighted by Gasteiger charge is 2.31. The van der Waals surface area contributed by atoms with E-state index in [0.29, 0.717) is 6.07 Å². The fraction of sp³-hybridized carbons (Fsp3) is 0.611. The minimum absolute atomic E-state index is 0.243. The van der Waals surface area contributed by atoms with Crippen LogP contribution in [0, 0.1) is 11.6 Å². The Labute approximate surface area is 158 Å². The van der Waals surface area contributed by atoms with Gasteiger partial charge in [0.15, 0.2) is 11.6 Å². The molecule has 0 aliphatic carbocycles. The van der Waals surface area contributed by atoms with Gasteiger partial charge in [-0.3, -0.25) is 9.69 Å². The average molecular weight is 387 g/mol. The Morgan fingerprint density at radius 3 is 2.30 bits per heavy atom. The van der Waals surface area contributed by atoms with Crippen molar-refractivity contribution in [1.82, 2.24) is 10.3 Å². The molecule has 0 radical (unpaired) electrons. The third kappa shape index (κ3) is 7.86. The SMILES string of the molecule is CN(C(=O)[C@H](COC(C)(C)C)OC(=O)NC(C)(C)C)c1ncc(F)cc1F. The molecule has 0 fully saturated rings. The Balaban J connectivity index is 3.01. The summed E-state index contributed by atoms with van der Waals surface area (Å²) in [4.78, 5) is 29.3. The molecule has 7 nitrogen and oxygen atoms in total. The van der Waals surface area contributed by atoms with Crippen LogP contribution < -0.4 is 10.2 Å². The van der Waals surface area contributed by atoms with E-state index in [1.807, 2.05) is 0 Å². The lowest BCUT2D eigenvalue weighted by atomic mass is 10.1. The number of halogens is 2. The summed E-state index contributed by atoms with van der Waals surface area (Å²) in [6.07, 6.45) is -1.38. The molecule has 9 heteroatoms. The van der Waals surface area contributed by atoms with Crippen LogP contribution in [0.2, 0.25) is 0 Å². The Hall–Kier alpha value is -2.29. The summed E-state index contributed by atoms with van der Waals surface area (Å²) in [7, 11) is 1.25. The van der Waals surface area contributed by atoms with Crippen LogP contribution in [0.5, 0.6) is 0 Å². The number of nitrogens with one attached hydrogen (secondary N) is 1. The normalized spacial score (nSPS) is 13.1. The quantitative estimate of drug-likeness (QED) is 0.840. The molecule has 0 unspecified atom stereocenters. The van der Waals surface area contributed by atoms with E-state index >= 15 is 0 Å². The van der Waals surface area contributed by atoms with Crippen LogP contribution in [0.3, 0.4) is 0 Å². The number of carbonyl (C=O) groups is 2. The fourth-order valence-electron chi connectivity index (χ4n) is 1.92. The molecule has 1 rings (SSSR count). The van der Waals surface area contributed by atoms with E-state index in [1.54, 1.807) is 41.5 Å². The van der Waals surface area contributed by atoms with Crippen molar-refractivity contribution >= 4 is 17.8 Å². The van der Waals surface area contributed by atoms with Crippen molar-refractivity contribution < 1.29 is 27.8 Å². The molecular formula is C18H27F2N3O4. The number of aromatic nitrogens is 1. The molecule has 0 saturated carbocycles. The van der Waals surface area contributed by atoms with Crippen LogP contribution in [0.15, 0.2) is 12.3 Å². The van der Waals surface area contributed by atoms with E-state index < -0.39 is 40.9 Å². The number of hydrogen-bond donors (Lipinski definition) is 1. The minimum Gasteiger partial charge on any atom is -0.434 e. The summed E-state index contributed by atoms with van der Waals surface area (Å²) < 4.78 is 37.7. The predicted molar refractivity (Wildman–Crippen MR) is 96.4 cm³/mol. The van der Waals surface area contributed by atoms with Crippen molar-refractivity contribution in [2.45, 2.75) is 58.8 Å². The van der Waals surface area contributed by atoms with Crippen LogP contribution in [0.25, 0.3) is 0 Å². The van der Waals surface area contributed by atoms with E-state index in [4.69, 9.17) is 9.47 Å². The lowest BCUT2D eigenvalue weighted by Gasteiger charge is -2.28. The first-order valence-corrected chi connectivity index (χ1v) is 8.41. The first-order valence-electron chi connectivity index (χ1n) is 8.41. The molecule has 0 aliphatic rings. The Kier molecular flexibility index (Phi) is 7.25. The third-order valence-corrected chi connectivity index (χ3v) is 3.11. The predicted octanol–water partition coefficient (Wildman–Crippen LogP) is 3.03. The second-order valence-corrected chi connectivity index (χ2v) is 8.05. The molecule has 1 atom stereocenters. The first-order chi connectivity index (χ1) is 12.2. The summed E-state index contributed by atoms with van der Waals surface area (Å²) in [5.74, 6) is -3.03. The molecule has 0 aromatic carbocycles. The van der Waals surface area contributed by atoms with E-state index in [1.165, 1.54) is 7.05 Å². The molecule has 27 heavy (non-hydrogen) atoms. The zero-order chi connectivity index (χ0) is 21.0. The maximum Gasteiger partial charge on any atom is 0.408 e. The highest BCUT2D eigenvalue weighted by atomic mass is 19.1. The number of hydrogen-bond acceptors (Lipinski definition) is 5. The van der Waals surface area contributed by atoms with Crippen LogP contribution >= 0.6 is 0 Å². The summed E-state index contributed by atoms with van der Waals surface area (Å²) in [6, 6.07) is 0.611. The van der Waals surface area contributed by atoms with Gasteiger partial charge in [0.25, 0.3) is 5.91 Å². The number of carbonyl (C=O) groups excluding carboxylic acids is 2. The van der Waals surface area contributed by atoms with E-state index in [9.17, 15) is 18.4 Å².